The largest absolute Gasteiger partial charge is 0.493 e. The lowest BCUT2D eigenvalue weighted by molar-refractivity contribution is 0.103. The van der Waals surface area contributed by atoms with Gasteiger partial charge in [0.05, 0.1) is 24.8 Å². The van der Waals surface area contributed by atoms with Crippen LogP contribution in [-0.4, -0.2) is 20.0 Å². The Bertz CT molecular complexity index is 654. The molecular weight excluding hydrogens is 299 g/mol. The summed E-state index contributed by atoms with van der Waals surface area (Å²) in [5.74, 6) is 0.584. The number of carbonyl (C=O) groups is 1. The van der Waals surface area contributed by atoms with Gasteiger partial charge in [0.15, 0.2) is 17.3 Å². The van der Waals surface area contributed by atoms with E-state index in [1.165, 1.54) is 20.3 Å². The minimum absolute atomic E-state index is 0.270. The lowest BCUT2D eigenvalue weighted by Gasteiger charge is -2.12. The molecule has 2 rings (SSSR count). The van der Waals surface area contributed by atoms with Gasteiger partial charge in [0.25, 0.3) is 0 Å². The summed E-state index contributed by atoms with van der Waals surface area (Å²) in [4.78, 5) is 12.6. The maximum Gasteiger partial charge on any atom is 0.198 e. The first kappa shape index (κ1) is 14.7. The summed E-state index contributed by atoms with van der Waals surface area (Å²) in [7, 11) is 2.99. The van der Waals surface area contributed by atoms with Crippen LogP contribution in [0.2, 0.25) is 10.0 Å². The lowest BCUT2D eigenvalue weighted by atomic mass is 10.0. The van der Waals surface area contributed by atoms with E-state index in [2.05, 4.69) is 0 Å². The topological polar surface area (TPSA) is 35.5 Å². The van der Waals surface area contributed by atoms with Crippen LogP contribution in [0.1, 0.15) is 15.9 Å². The minimum atomic E-state index is -0.270. The van der Waals surface area contributed by atoms with Crippen molar-refractivity contribution in [1.82, 2.24) is 0 Å². The van der Waals surface area contributed by atoms with E-state index in [9.17, 15) is 4.79 Å². The maximum atomic E-state index is 12.6. The third-order valence-electron chi connectivity index (χ3n) is 2.82. The summed E-state index contributed by atoms with van der Waals surface area (Å²) in [5.41, 5.74) is 0.696. The lowest BCUT2D eigenvalue weighted by Crippen LogP contribution is -2.06. The highest BCUT2D eigenvalue weighted by Crippen LogP contribution is 2.33. The van der Waals surface area contributed by atoms with Crippen LogP contribution in [-0.2, 0) is 0 Å². The van der Waals surface area contributed by atoms with Crippen molar-refractivity contribution >= 4 is 29.0 Å². The minimum Gasteiger partial charge on any atom is -0.493 e. The molecule has 2 aromatic rings. The molecule has 5 heteroatoms. The van der Waals surface area contributed by atoms with E-state index < -0.39 is 0 Å². The molecule has 0 aliphatic rings. The van der Waals surface area contributed by atoms with E-state index in [1.807, 2.05) is 0 Å². The fourth-order valence-corrected chi connectivity index (χ4v) is 2.26. The van der Waals surface area contributed by atoms with Gasteiger partial charge >= 0.3 is 0 Å². The highest BCUT2D eigenvalue weighted by Gasteiger charge is 2.20. The zero-order valence-electron chi connectivity index (χ0n) is 10.9. The number of hydrogen-bond acceptors (Lipinski definition) is 3. The molecule has 104 valence electrons. The van der Waals surface area contributed by atoms with Crippen LogP contribution < -0.4 is 9.47 Å². The molecule has 0 unspecified atom stereocenters. The Morgan fingerprint density at radius 3 is 2.40 bits per heavy atom. The molecule has 0 atom stereocenters. The molecule has 0 heterocycles. The van der Waals surface area contributed by atoms with Crippen LogP contribution >= 0.6 is 23.2 Å². The Hall–Kier alpha value is -1.71. The van der Waals surface area contributed by atoms with E-state index >= 15 is 0 Å². The van der Waals surface area contributed by atoms with Crippen LogP contribution in [0, 0.1) is 0 Å². The van der Waals surface area contributed by atoms with Gasteiger partial charge in [0.2, 0.25) is 0 Å². The number of carbonyl (C=O) groups excluding carboxylic acids is 1. The van der Waals surface area contributed by atoms with E-state index in [0.717, 1.165) is 0 Å². The molecular formula is C15H12Cl2O3. The maximum absolute atomic E-state index is 12.6. The molecule has 0 bridgehead atoms. The first-order valence-corrected chi connectivity index (χ1v) is 6.54. The standard InChI is InChI=1S/C15H12Cl2O3/c1-19-13-5-3-4-10(15(13)20-2)14(18)11-8-9(16)6-7-12(11)17/h3-8H,1-2H3. The molecule has 20 heavy (non-hydrogen) atoms. The van der Waals surface area contributed by atoms with E-state index in [-0.39, 0.29) is 5.78 Å². The number of methoxy groups -OCH3 is 2. The molecule has 0 saturated carbocycles. The van der Waals surface area contributed by atoms with Crippen LogP contribution in [0.25, 0.3) is 0 Å². The Balaban J connectivity index is 2.56. The summed E-state index contributed by atoms with van der Waals surface area (Å²) < 4.78 is 10.4. The summed E-state index contributed by atoms with van der Waals surface area (Å²) in [5, 5.41) is 0.781. The van der Waals surface area contributed by atoms with Gasteiger partial charge in [-0.3, -0.25) is 4.79 Å². The molecule has 0 aliphatic heterocycles. The summed E-state index contributed by atoms with van der Waals surface area (Å²) in [6, 6.07) is 9.83. The van der Waals surface area contributed by atoms with Crippen molar-refractivity contribution in [2.45, 2.75) is 0 Å². The van der Waals surface area contributed by atoms with E-state index in [4.69, 9.17) is 32.7 Å². The number of para-hydroxylation sites is 1. The molecule has 0 fully saturated rings. The average molecular weight is 311 g/mol. The zero-order chi connectivity index (χ0) is 14.7. The van der Waals surface area contributed by atoms with Gasteiger partial charge in [-0.05, 0) is 30.3 Å². The summed E-state index contributed by atoms with van der Waals surface area (Å²) >= 11 is 12.0. The number of ketones is 1. The Kier molecular flexibility index (Phi) is 4.53. The van der Waals surface area contributed by atoms with Gasteiger partial charge in [0, 0.05) is 10.6 Å². The predicted molar refractivity (Wildman–Crippen MR) is 79.4 cm³/mol. The number of hydrogen-bond donors (Lipinski definition) is 0. The van der Waals surface area contributed by atoms with Crippen LogP contribution in [0.3, 0.4) is 0 Å². The van der Waals surface area contributed by atoms with Crippen molar-refractivity contribution in [3.05, 3.63) is 57.6 Å². The van der Waals surface area contributed by atoms with Crippen LogP contribution in [0.5, 0.6) is 11.5 Å². The van der Waals surface area contributed by atoms with Crippen molar-refractivity contribution in [3.8, 4) is 11.5 Å². The fraction of sp³-hybridized carbons (Fsp3) is 0.133. The van der Waals surface area contributed by atoms with Gasteiger partial charge < -0.3 is 9.47 Å². The average Bonchev–Trinajstić information content (AvgIpc) is 2.48. The second-order valence-electron chi connectivity index (χ2n) is 3.99. The van der Waals surface area contributed by atoms with E-state index in [0.29, 0.717) is 32.7 Å². The quantitative estimate of drug-likeness (QED) is 0.792. The van der Waals surface area contributed by atoms with Crippen molar-refractivity contribution in [2.75, 3.05) is 14.2 Å². The molecule has 0 aromatic heterocycles. The number of halogens is 2. The van der Waals surface area contributed by atoms with Gasteiger partial charge in [-0.15, -0.1) is 0 Å². The molecule has 0 spiro atoms. The first-order chi connectivity index (χ1) is 9.58. The smallest absolute Gasteiger partial charge is 0.198 e. The monoisotopic (exact) mass is 310 g/mol. The number of ether oxygens (including phenoxy) is 2. The van der Waals surface area contributed by atoms with Gasteiger partial charge in [0.1, 0.15) is 0 Å². The number of rotatable bonds is 4. The second kappa shape index (κ2) is 6.16. The predicted octanol–water partition coefficient (Wildman–Crippen LogP) is 4.24. The molecule has 3 nitrogen and oxygen atoms in total. The normalized spacial score (nSPS) is 10.2. The number of benzene rings is 2. The third-order valence-corrected chi connectivity index (χ3v) is 3.39. The first-order valence-electron chi connectivity index (χ1n) is 5.79. The SMILES string of the molecule is COc1cccc(C(=O)c2cc(Cl)ccc2Cl)c1OC. The molecule has 2 aromatic carbocycles. The summed E-state index contributed by atoms with van der Waals surface area (Å²) in [6.07, 6.45) is 0. The molecule has 0 radical (unpaired) electrons. The second-order valence-corrected chi connectivity index (χ2v) is 4.84. The van der Waals surface area contributed by atoms with Gasteiger partial charge in [-0.25, -0.2) is 0 Å². The molecule has 0 saturated heterocycles. The molecule has 0 aliphatic carbocycles. The zero-order valence-corrected chi connectivity index (χ0v) is 12.5. The van der Waals surface area contributed by atoms with Crippen LogP contribution in [0.4, 0.5) is 0 Å². The molecule has 0 N–H and O–H groups in total. The van der Waals surface area contributed by atoms with Gasteiger partial charge in [-0.1, -0.05) is 29.3 Å². The van der Waals surface area contributed by atoms with Crippen molar-refractivity contribution < 1.29 is 14.3 Å². The van der Waals surface area contributed by atoms with Crippen molar-refractivity contribution in [2.24, 2.45) is 0 Å². The van der Waals surface area contributed by atoms with Gasteiger partial charge in [-0.2, -0.15) is 0 Å². The highest BCUT2D eigenvalue weighted by atomic mass is 35.5. The Morgan fingerprint density at radius 1 is 1.00 bits per heavy atom. The highest BCUT2D eigenvalue weighted by molar-refractivity contribution is 6.37. The Morgan fingerprint density at radius 2 is 1.75 bits per heavy atom. The summed E-state index contributed by atoms with van der Waals surface area (Å²) in [6.45, 7) is 0. The third kappa shape index (κ3) is 2.74. The van der Waals surface area contributed by atoms with Crippen molar-refractivity contribution in [1.29, 1.82) is 0 Å². The van der Waals surface area contributed by atoms with E-state index in [1.54, 1.807) is 30.3 Å². The molecule has 0 amide bonds. The van der Waals surface area contributed by atoms with Crippen molar-refractivity contribution in [3.63, 3.8) is 0 Å². The fourth-order valence-electron chi connectivity index (χ4n) is 1.88. The Labute approximate surface area is 127 Å². The van der Waals surface area contributed by atoms with Crippen LogP contribution in [0.15, 0.2) is 36.4 Å².